The molecule has 2 unspecified atom stereocenters. The van der Waals surface area contributed by atoms with Crippen molar-refractivity contribution in [1.82, 2.24) is 19.9 Å². The average Bonchev–Trinajstić information content (AvgIpc) is 3.30. The highest BCUT2D eigenvalue weighted by molar-refractivity contribution is 14.1. The van der Waals surface area contributed by atoms with Crippen LogP contribution in [0.25, 0.3) is 11.0 Å². The Labute approximate surface area is 177 Å². The summed E-state index contributed by atoms with van der Waals surface area (Å²) < 4.78 is -0.306. The van der Waals surface area contributed by atoms with Crippen molar-refractivity contribution in [2.24, 2.45) is 0 Å². The molecule has 28 heavy (non-hydrogen) atoms. The Bertz CT molecular complexity index is 1110. The third kappa shape index (κ3) is 2.62. The van der Waals surface area contributed by atoms with E-state index in [1.807, 2.05) is 24.4 Å². The summed E-state index contributed by atoms with van der Waals surface area (Å²) >= 11 is 2.46. The van der Waals surface area contributed by atoms with Crippen LogP contribution < -0.4 is 9.80 Å². The molecule has 2 aliphatic rings. The highest BCUT2D eigenvalue weighted by Gasteiger charge is 2.42. The van der Waals surface area contributed by atoms with E-state index in [4.69, 9.17) is 16.4 Å². The van der Waals surface area contributed by atoms with Crippen LogP contribution in [-0.4, -0.2) is 32.5 Å². The summed E-state index contributed by atoms with van der Waals surface area (Å²) in [6.07, 6.45) is 11.4. The average molecular weight is 482 g/mol. The van der Waals surface area contributed by atoms with Crippen LogP contribution >= 0.6 is 22.6 Å². The van der Waals surface area contributed by atoms with Crippen LogP contribution in [0, 0.1) is 12.3 Å². The monoisotopic (exact) mass is 482 g/mol. The molecule has 1 fully saturated rings. The molecular weight excluding hydrogens is 463 g/mol. The van der Waals surface area contributed by atoms with Gasteiger partial charge in [0.05, 0.1) is 17.1 Å². The molecule has 0 aliphatic carbocycles. The first kappa shape index (κ1) is 17.6. The molecule has 5 heterocycles. The Morgan fingerprint density at radius 2 is 2.04 bits per heavy atom. The zero-order chi connectivity index (χ0) is 19.3. The summed E-state index contributed by atoms with van der Waals surface area (Å²) in [5.74, 6) is 4.43. The highest BCUT2D eigenvalue weighted by Crippen LogP contribution is 2.46. The van der Waals surface area contributed by atoms with Gasteiger partial charge in [-0.2, -0.15) is 9.97 Å². The van der Waals surface area contributed by atoms with Crippen molar-refractivity contribution in [1.29, 1.82) is 0 Å². The Hall–Kier alpha value is -2.47. The molecule has 0 aromatic carbocycles. The van der Waals surface area contributed by atoms with Gasteiger partial charge < -0.3 is 9.80 Å². The molecule has 1 saturated heterocycles. The van der Waals surface area contributed by atoms with Gasteiger partial charge in [-0.3, -0.25) is 4.98 Å². The van der Waals surface area contributed by atoms with E-state index in [0.717, 1.165) is 42.8 Å². The molecule has 6 nitrogen and oxygen atoms in total. The summed E-state index contributed by atoms with van der Waals surface area (Å²) in [7, 11) is 0. The van der Waals surface area contributed by atoms with Crippen molar-refractivity contribution in [2.45, 2.75) is 35.9 Å². The lowest BCUT2D eigenvalue weighted by atomic mass is 10.2. The summed E-state index contributed by atoms with van der Waals surface area (Å²) in [6, 6.07) is 8.13. The molecule has 0 bridgehead atoms. The number of terminal acetylenes is 1. The molecule has 7 heteroatoms. The maximum atomic E-state index is 5.75. The van der Waals surface area contributed by atoms with E-state index in [2.05, 4.69) is 61.3 Å². The smallest absolute Gasteiger partial charge is 0.230 e. The zero-order valence-corrected chi connectivity index (χ0v) is 17.7. The van der Waals surface area contributed by atoms with Crippen molar-refractivity contribution < 1.29 is 0 Å². The van der Waals surface area contributed by atoms with Crippen molar-refractivity contribution >= 4 is 45.4 Å². The largest absolute Gasteiger partial charge is 0.332 e. The van der Waals surface area contributed by atoms with Crippen LogP contribution in [0.5, 0.6) is 0 Å². The molecular formula is C21H19IN6. The van der Waals surface area contributed by atoms with Crippen LogP contribution in [0.1, 0.15) is 31.0 Å². The molecule has 0 saturated carbocycles. The number of halogens is 1. The topological polar surface area (TPSA) is 58.0 Å². The lowest BCUT2D eigenvalue weighted by Crippen LogP contribution is -2.35. The Morgan fingerprint density at radius 1 is 1.21 bits per heavy atom. The predicted octanol–water partition coefficient (Wildman–Crippen LogP) is 3.65. The van der Waals surface area contributed by atoms with E-state index in [0.29, 0.717) is 11.6 Å². The Balaban J connectivity index is 1.69. The second kappa shape index (κ2) is 6.55. The van der Waals surface area contributed by atoms with Crippen LogP contribution in [0.15, 0.2) is 36.7 Å². The first-order valence-electron chi connectivity index (χ1n) is 9.36. The number of aromatic nitrogens is 4. The van der Waals surface area contributed by atoms with Crippen molar-refractivity contribution in [3.63, 3.8) is 0 Å². The lowest BCUT2D eigenvalue weighted by molar-refractivity contribution is 0.678. The van der Waals surface area contributed by atoms with Gasteiger partial charge in [-0.1, -0.05) is 12.0 Å². The van der Waals surface area contributed by atoms with Crippen LogP contribution in [0.3, 0.4) is 0 Å². The first-order chi connectivity index (χ1) is 13.6. The quantitative estimate of drug-likeness (QED) is 0.241. The first-order valence-corrected chi connectivity index (χ1v) is 10.4. The van der Waals surface area contributed by atoms with Gasteiger partial charge in [0.15, 0.2) is 5.65 Å². The van der Waals surface area contributed by atoms with Crippen LogP contribution in [-0.2, 0) is 10.1 Å². The van der Waals surface area contributed by atoms with Gasteiger partial charge in [-0.05, 0) is 66.1 Å². The molecule has 0 amide bonds. The zero-order valence-electron chi connectivity index (χ0n) is 15.5. The minimum Gasteiger partial charge on any atom is -0.332 e. The lowest BCUT2D eigenvalue weighted by Gasteiger charge is -2.32. The minimum atomic E-state index is -0.306. The Kier molecular flexibility index (Phi) is 4.12. The number of alkyl halides is 1. The van der Waals surface area contributed by atoms with E-state index >= 15 is 0 Å². The number of pyridine rings is 2. The molecule has 140 valence electrons. The normalized spacial score (nSPS) is 23.8. The van der Waals surface area contributed by atoms with Crippen molar-refractivity contribution in [3.8, 4) is 12.3 Å². The third-order valence-corrected chi connectivity index (χ3v) is 6.65. The maximum absolute atomic E-state index is 5.75. The number of hydrogen-bond donors (Lipinski definition) is 0. The highest BCUT2D eigenvalue weighted by atomic mass is 127. The second-order valence-electron chi connectivity index (χ2n) is 7.29. The summed E-state index contributed by atoms with van der Waals surface area (Å²) in [5.41, 5.74) is 3.00. The van der Waals surface area contributed by atoms with E-state index in [1.54, 1.807) is 6.20 Å². The van der Waals surface area contributed by atoms with Crippen molar-refractivity contribution in [2.75, 3.05) is 16.3 Å². The predicted molar refractivity (Wildman–Crippen MR) is 118 cm³/mol. The number of fused-ring (bicyclic) bond motifs is 2. The van der Waals surface area contributed by atoms with E-state index < -0.39 is 0 Å². The molecule has 0 spiro atoms. The maximum Gasteiger partial charge on any atom is 0.230 e. The molecule has 3 aromatic heterocycles. The van der Waals surface area contributed by atoms with Gasteiger partial charge in [0, 0.05) is 25.5 Å². The van der Waals surface area contributed by atoms with Gasteiger partial charge in [0.1, 0.15) is 9.36 Å². The van der Waals surface area contributed by atoms with Gasteiger partial charge in [0.25, 0.3) is 0 Å². The SMILES string of the molecule is C#CC1CCCN1c1nc(N2Cc3cccnc3C2(C)I)c2cccnc2n1. The number of hydrogen-bond acceptors (Lipinski definition) is 6. The number of anilines is 2. The van der Waals surface area contributed by atoms with E-state index in [1.165, 1.54) is 5.56 Å². The fourth-order valence-electron chi connectivity index (χ4n) is 4.15. The fourth-order valence-corrected chi connectivity index (χ4v) is 5.03. The molecule has 0 N–H and O–H groups in total. The van der Waals surface area contributed by atoms with Gasteiger partial charge in [-0.15, -0.1) is 6.42 Å². The fraction of sp³-hybridized carbons (Fsp3) is 0.333. The molecule has 2 atom stereocenters. The molecule has 5 rings (SSSR count). The number of rotatable bonds is 2. The van der Waals surface area contributed by atoms with E-state index in [-0.39, 0.29) is 9.59 Å². The van der Waals surface area contributed by atoms with E-state index in [9.17, 15) is 0 Å². The second-order valence-corrected chi connectivity index (χ2v) is 9.39. The summed E-state index contributed by atoms with van der Waals surface area (Å²) in [5, 5.41) is 0.943. The van der Waals surface area contributed by atoms with Crippen LogP contribution in [0.4, 0.5) is 11.8 Å². The number of nitrogens with zero attached hydrogens (tertiary/aromatic N) is 6. The molecule has 0 radical (unpaired) electrons. The van der Waals surface area contributed by atoms with Gasteiger partial charge >= 0.3 is 0 Å². The minimum absolute atomic E-state index is 0.0393. The molecule has 3 aromatic rings. The molecule has 2 aliphatic heterocycles. The Morgan fingerprint density at radius 3 is 2.86 bits per heavy atom. The summed E-state index contributed by atoms with van der Waals surface area (Å²) in [4.78, 5) is 23.4. The van der Waals surface area contributed by atoms with Gasteiger partial charge in [-0.25, -0.2) is 4.98 Å². The summed E-state index contributed by atoms with van der Waals surface area (Å²) in [6.45, 7) is 3.80. The van der Waals surface area contributed by atoms with Crippen LogP contribution in [0.2, 0.25) is 0 Å². The van der Waals surface area contributed by atoms with Crippen molar-refractivity contribution in [3.05, 3.63) is 47.9 Å². The standard InChI is InChI=1S/C21H19IN6/c1-3-15-8-6-12-27(15)20-25-18-16(9-5-11-24-18)19(26-20)28-13-14-7-4-10-23-17(14)21(28,2)22/h1,4-5,7,9-11,15H,6,8,12-13H2,2H3. The van der Waals surface area contributed by atoms with Gasteiger partial charge in [0.2, 0.25) is 5.95 Å². The third-order valence-electron chi connectivity index (χ3n) is 5.56.